The molecule has 2 aromatic rings. The van der Waals surface area contributed by atoms with Gasteiger partial charge >= 0.3 is 0 Å². The Hall–Kier alpha value is -2.13. The fourth-order valence-electron chi connectivity index (χ4n) is 1.68. The van der Waals surface area contributed by atoms with Crippen LogP contribution in [0.3, 0.4) is 0 Å². The van der Waals surface area contributed by atoms with Crippen molar-refractivity contribution >= 4 is 11.4 Å². The van der Waals surface area contributed by atoms with E-state index in [-0.39, 0.29) is 18.0 Å². The van der Waals surface area contributed by atoms with Gasteiger partial charge in [0.2, 0.25) is 5.78 Å². The highest BCUT2D eigenvalue weighted by atomic mass is 16.3. The minimum Gasteiger partial charge on any atom is -0.461 e. The first-order chi connectivity index (χ1) is 8.68. The zero-order valence-electron chi connectivity index (χ0n) is 9.87. The third kappa shape index (κ3) is 2.76. The summed E-state index contributed by atoms with van der Waals surface area (Å²) in [4.78, 5) is 11.8. The van der Waals surface area contributed by atoms with E-state index in [0.29, 0.717) is 5.57 Å². The van der Waals surface area contributed by atoms with Crippen molar-refractivity contribution in [2.24, 2.45) is 0 Å². The Morgan fingerprint density at radius 1 is 1.22 bits per heavy atom. The van der Waals surface area contributed by atoms with Crippen molar-refractivity contribution in [3.05, 3.63) is 66.6 Å². The number of carbonyl (C=O) groups is 1. The lowest BCUT2D eigenvalue weighted by Gasteiger charge is -2.12. The van der Waals surface area contributed by atoms with E-state index in [4.69, 9.17) is 4.42 Å². The summed E-state index contributed by atoms with van der Waals surface area (Å²) in [7, 11) is 0. The van der Waals surface area contributed by atoms with Gasteiger partial charge < -0.3 is 9.52 Å². The summed E-state index contributed by atoms with van der Waals surface area (Å²) >= 11 is 0. The molecule has 3 heteroatoms. The molecule has 0 aliphatic carbocycles. The molecule has 1 N–H and O–H groups in total. The van der Waals surface area contributed by atoms with Crippen molar-refractivity contribution in [3.63, 3.8) is 0 Å². The van der Waals surface area contributed by atoms with Crippen molar-refractivity contribution in [1.82, 2.24) is 0 Å². The van der Waals surface area contributed by atoms with Crippen LogP contribution in [0.25, 0.3) is 5.57 Å². The molecule has 0 spiro atoms. The standard InChI is InChI=1S/C15H14O3/c1-11(12-6-3-2-4-7-12)13(16)10-14(17)15-8-5-9-18-15/h2-9,13,16H,1,10H2. The lowest BCUT2D eigenvalue weighted by molar-refractivity contribution is 0.0901. The van der Waals surface area contributed by atoms with Crippen LogP contribution < -0.4 is 0 Å². The Morgan fingerprint density at radius 2 is 1.94 bits per heavy atom. The number of Topliss-reactive ketones (excluding diaryl/α,β-unsaturated/α-hetero) is 1. The molecule has 1 aromatic carbocycles. The van der Waals surface area contributed by atoms with E-state index in [1.807, 2.05) is 30.3 Å². The van der Waals surface area contributed by atoms with Gasteiger partial charge in [0.15, 0.2) is 5.76 Å². The van der Waals surface area contributed by atoms with Gasteiger partial charge in [-0.3, -0.25) is 4.79 Å². The highest BCUT2D eigenvalue weighted by Crippen LogP contribution is 2.19. The van der Waals surface area contributed by atoms with Crippen LogP contribution in [0, 0.1) is 0 Å². The molecule has 0 aliphatic heterocycles. The van der Waals surface area contributed by atoms with Crippen molar-refractivity contribution in [2.75, 3.05) is 0 Å². The predicted molar refractivity (Wildman–Crippen MR) is 69.1 cm³/mol. The highest BCUT2D eigenvalue weighted by Gasteiger charge is 2.18. The minimum absolute atomic E-state index is 0.0265. The smallest absolute Gasteiger partial charge is 0.200 e. The molecule has 0 saturated heterocycles. The van der Waals surface area contributed by atoms with E-state index < -0.39 is 6.10 Å². The normalized spacial score (nSPS) is 12.1. The molecule has 1 unspecified atom stereocenters. The summed E-state index contributed by atoms with van der Waals surface area (Å²) in [6.45, 7) is 3.83. The lowest BCUT2D eigenvalue weighted by Crippen LogP contribution is -2.14. The molecule has 0 aliphatic rings. The van der Waals surface area contributed by atoms with E-state index in [1.54, 1.807) is 12.1 Å². The summed E-state index contributed by atoms with van der Waals surface area (Å²) in [6, 6.07) is 12.5. The van der Waals surface area contributed by atoms with Crippen LogP contribution in [0.4, 0.5) is 0 Å². The predicted octanol–water partition coefficient (Wildman–Crippen LogP) is 2.93. The van der Waals surface area contributed by atoms with Crippen LogP contribution in [0.2, 0.25) is 0 Å². The number of hydrogen-bond acceptors (Lipinski definition) is 3. The number of benzene rings is 1. The number of carbonyl (C=O) groups excluding carboxylic acids is 1. The van der Waals surface area contributed by atoms with Crippen LogP contribution >= 0.6 is 0 Å². The van der Waals surface area contributed by atoms with Crippen molar-refractivity contribution in [2.45, 2.75) is 12.5 Å². The Bertz CT molecular complexity index is 526. The van der Waals surface area contributed by atoms with E-state index in [9.17, 15) is 9.90 Å². The molecule has 1 atom stereocenters. The SMILES string of the molecule is C=C(c1ccccc1)C(O)CC(=O)c1ccco1. The van der Waals surface area contributed by atoms with Gasteiger partial charge in [0.1, 0.15) is 0 Å². The molecule has 2 rings (SSSR count). The maximum absolute atomic E-state index is 11.8. The van der Waals surface area contributed by atoms with E-state index in [0.717, 1.165) is 5.56 Å². The zero-order valence-corrected chi connectivity index (χ0v) is 9.87. The first-order valence-corrected chi connectivity index (χ1v) is 5.67. The maximum Gasteiger partial charge on any atom is 0.200 e. The molecule has 18 heavy (non-hydrogen) atoms. The number of hydrogen-bond donors (Lipinski definition) is 1. The van der Waals surface area contributed by atoms with E-state index in [1.165, 1.54) is 6.26 Å². The lowest BCUT2D eigenvalue weighted by atomic mass is 9.98. The summed E-state index contributed by atoms with van der Waals surface area (Å²) in [5.74, 6) is 0.0273. The fourth-order valence-corrected chi connectivity index (χ4v) is 1.68. The monoisotopic (exact) mass is 242 g/mol. The van der Waals surface area contributed by atoms with Gasteiger partial charge in [-0.2, -0.15) is 0 Å². The molecule has 0 amide bonds. The second-order valence-corrected chi connectivity index (χ2v) is 4.01. The molecule has 0 bridgehead atoms. The van der Waals surface area contributed by atoms with Crippen molar-refractivity contribution < 1.29 is 14.3 Å². The number of rotatable bonds is 5. The van der Waals surface area contributed by atoms with E-state index in [2.05, 4.69) is 6.58 Å². The Balaban J connectivity index is 2.02. The molecule has 1 heterocycles. The molecular weight excluding hydrogens is 228 g/mol. The quantitative estimate of drug-likeness (QED) is 0.820. The van der Waals surface area contributed by atoms with E-state index >= 15 is 0 Å². The summed E-state index contributed by atoms with van der Waals surface area (Å²) in [6.07, 6.45) is 0.511. The zero-order chi connectivity index (χ0) is 13.0. The third-order valence-electron chi connectivity index (χ3n) is 2.72. The Labute approximate surface area is 105 Å². The molecule has 3 nitrogen and oxygen atoms in total. The molecule has 0 saturated carbocycles. The van der Waals surface area contributed by atoms with Crippen LogP contribution in [-0.2, 0) is 0 Å². The number of aliphatic hydroxyl groups is 1. The largest absolute Gasteiger partial charge is 0.461 e. The topological polar surface area (TPSA) is 50.4 Å². The van der Waals surface area contributed by atoms with Gasteiger partial charge in [0.05, 0.1) is 12.4 Å². The number of furan rings is 1. The number of aliphatic hydroxyl groups excluding tert-OH is 1. The highest BCUT2D eigenvalue weighted by molar-refractivity contribution is 5.95. The molecule has 0 radical (unpaired) electrons. The summed E-state index contributed by atoms with van der Waals surface area (Å²) < 4.78 is 4.99. The molecular formula is C15H14O3. The van der Waals surface area contributed by atoms with Crippen molar-refractivity contribution in [3.8, 4) is 0 Å². The van der Waals surface area contributed by atoms with Gasteiger partial charge in [-0.15, -0.1) is 0 Å². The van der Waals surface area contributed by atoms with Crippen LogP contribution in [0.15, 0.2) is 59.7 Å². The van der Waals surface area contributed by atoms with Crippen LogP contribution in [-0.4, -0.2) is 17.0 Å². The Kier molecular flexibility index (Phi) is 3.75. The third-order valence-corrected chi connectivity index (χ3v) is 2.72. The first kappa shape index (κ1) is 12.3. The average Bonchev–Trinajstić information content (AvgIpc) is 2.92. The molecule has 1 aromatic heterocycles. The van der Waals surface area contributed by atoms with Gasteiger partial charge in [-0.1, -0.05) is 36.9 Å². The summed E-state index contributed by atoms with van der Waals surface area (Å²) in [5.41, 5.74) is 1.37. The molecule has 92 valence electrons. The van der Waals surface area contributed by atoms with Gasteiger partial charge in [-0.05, 0) is 23.3 Å². The minimum atomic E-state index is -0.898. The van der Waals surface area contributed by atoms with Gasteiger partial charge in [0, 0.05) is 6.42 Å². The number of ketones is 1. The van der Waals surface area contributed by atoms with Crippen LogP contribution in [0.1, 0.15) is 22.5 Å². The average molecular weight is 242 g/mol. The maximum atomic E-state index is 11.8. The first-order valence-electron chi connectivity index (χ1n) is 5.67. The van der Waals surface area contributed by atoms with Gasteiger partial charge in [0.25, 0.3) is 0 Å². The molecule has 0 fully saturated rings. The van der Waals surface area contributed by atoms with Gasteiger partial charge in [-0.25, -0.2) is 0 Å². The Morgan fingerprint density at radius 3 is 2.56 bits per heavy atom. The second-order valence-electron chi connectivity index (χ2n) is 4.01. The fraction of sp³-hybridized carbons (Fsp3) is 0.133. The summed E-state index contributed by atoms with van der Waals surface area (Å²) in [5, 5.41) is 9.98. The van der Waals surface area contributed by atoms with Crippen LogP contribution in [0.5, 0.6) is 0 Å². The second kappa shape index (κ2) is 5.47. The van der Waals surface area contributed by atoms with Crippen molar-refractivity contribution in [1.29, 1.82) is 0 Å².